The Kier molecular flexibility index (Phi) is 3.46. The molecule has 16 heavy (non-hydrogen) atoms. The lowest BCUT2D eigenvalue weighted by atomic mass is 10.3. The molecule has 0 radical (unpaired) electrons. The van der Waals surface area contributed by atoms with Crippen LogP contribution in [0.3, 0.4) is 0 Å². The summed E-state index contributed by atoms with van der Waals surface area (Å²) >= 11 is 3.42. The summed E-state index contributed by atoms with van der Waals surface area (Å²) in [4.78, 5) is 0. The Hall–Kier alpha value is -1.49. The van der Waals surface area contributed by atoms with Crippen LogP contribution in [0.1, 0.15) is 5.69 Å². The number of para-hydroxylation sites is 1. The number of nitrogens with two attached hydrogens (primary N) is 1. The molecule has 4 nitrogen and oxygen atoms in total. The minimum atomic E-state index is 0.510. The van der Waals surface area contributed by atoms with E-state index in [1.807, 2.05) is 30.3 Å². The van der Waals surface area contributed by atoms with Gasteiger partial charge < -0.3 is 10.5 Å². The predicted molar refractivity (Wildman–Crippen MR) is 66.3 cm³/mol. The van der Waals surface area contributed by atoms with Crippen molar-refractivity contribution < 1.29 is 4.74 Å². The summed E-state index contributed by atoms with van der Waals surface area (Å²) in [5.41, 5.74) is 6.47. The number of H-pyrrole nitrogens is 1. The van der Waals surface area contributed by atoms with Gasteiger partial charge in [-0.25, -0.2) is 0 Å². The first-order valence-electron chi connectivity index (χ1n) is 4.93. The fourth-order valence-electron chi connectivity index (χ4n) is 1.34. The Bertz CT molecular complexity index is 470. The summed E-state index contributed by atoms with van der Waals surface area (Å²) in [5, 5.41) is 6.69. The number of rotatable bonds is 4. The van der Waals surface area contributed by atoms with Gasteiger partial charge >= 0.3 is 0 Å². The van der Waals surface area contributed by atoms with Crippen molar-refractivity contribution in [2.75, 3.05) is 12.3 Å². The first-order chi connectivity index (χ1) is 7.75. The molecule has 0 bridgehead atoms. The van der Waals surface area contributed by atoms with E-state index in [0.717, 1.165) is 22.3 Å². The first kappa shape index (κ1) is 11.0. The second kappa shape index (κ2) is 5.03. The summed E-state index contributed by atoms with van der Waals surface area (Å²) in [6.07, 6.45) is 0.755. The third-order valence-electron chi connectivity index (χ3n) is 2.12. The van der Waals surface area contributed by atoms with Crippen molar-refractivity contribution in [1.82, 2.24) is 10.2 Å². The standard InChI is InChI=1S/C11H12BrN3O/c12-9-3-1-2-4-10(9)16-6-5-8-7-11(13)15-14-8/h1-4,7H,5-6H2,(H3,13,14,15). The zero-order valence-electron chi connectivity index (χ0n) is 8.61. The Balaban J connectivity index is 1.87. The highest BCUT2D eigenvalue weighted by Crippen LogP contribution is 2.23. The normalized spacial score (nSPS) is 10.3. The summed E-state index contributed by atoms with van der Waals surface area (Å²) in [7, 11) is 0. The lowest BCUT2D eigenvalue weighted by Crippen LogP contribution is -2.02. The maximum Gasteiger partial charge on any atom is 0.145 e. The van der Waals surface area contributed by atoms with Crippen LogP contribution in [-0.4, -0.2) is 16.8 Å². The van der Waals surface area contributed by atoms with Crippen LogP contribution in [0, 0.1) is 0 Å². The number of nitrogens with one attached hydrogen (secondary N) is 1. The number of nitrogens with zero attached hydrogens (tertiary/aromatic N) is 1. The van der Waals surface area contributed by atoms with Gasteiger partial charge in [0.15, 0.2) is 0 Å². The molecule has 2 rings (SSSR count). The molecule has 0 aliphatic carbocycles. The Labute approximate surface area is 102 Å². The van der Waals surface area contributed by atoms with Gasteiger partial charge in [-0.05, 0) is 28.1 Å². The lowest BCUT2D eigenvalue weighted by Gasteiger charge is -2.06. The van der Waals surface area contributed by atoms with Gasteiger partial charge in [0, 0.05) is 18.2 Å². The number of aromatic nitrogens is 2. The van der Waals surface area contributed by atoms with E-state index in [9.17, 15) is 0 Å². The van der Waals surface area contributed by atoms with Gasteiger partial charge in [0.25, 0.3) is 0 Å². The Morgan fingerprint density at radius 1 is 1.38 bits per heavy atom. The number of anilines is 1. The van der Waals surface area contributed by atoms with Crippen molar-refractivity contribution in [3.05, 3.63) is 40.5 Å². The topological polar surface area (TPSA) is 63.9 Å². The summed E-state index contributed by atoms with van der Waals surface area (Å²) in [5.74, 6) is 1.35. The average Bonchev–Trinajstić information content (AvgIpc) is 2.67. The fraction of sp³-hybridized carbons (Fsp3) is 0.182. The van der Waals surface area contributed by atoms with Gasteiger partial charge in [0.05, 0.1) is 11.1 Å². The second-order valence-corrected chi connectivity index (χ2v) is 4.20. The summed E-state index contributed by atoms with van der Waals surface area (Å²) in [6, 6.07) is 9.57. The highest BCUT2D eigenvalue weighted by atomic mass is 79.9. The highest BCUT2D eigenvalue weighted by Gasteiger charge is 2.01. The molecule has 0 saturated carbocycles. The molecule has 0 saturated heterocycles. The van der Waals surface area contributed by atoms with Gasteiger partial charge in [-0.3, -0.25) is 5.10 Å². The number of nitrogen functional groups attached to an aromatic ring is 1. The van der Waals surface area contributed by atoms with Crippen LogP contribution in [0.15, 0.2) is 34.8 Å². The van der Waals surface area contributed by atoms with Crippen molar-refractivity contribution in [1.29, 1.82) is 0 Å². The maximum atomic E-state index is 5.61. The number of ether oxygens (including phenoxy) is 1. The van der Waals surface area contributed by atoms with Crippen LogP contribution in [0.2, 0.25) is 0 Å². The van der Waals surface area contributed by atoms with E-state index < -0.39 is 0 Å². The molecule has 0 unspecified atom stereocenters. The number of halogens is 1. The Morgan fingerprint density at radius 2 is 2.19 bits per heavy atom. The van der Waals surface area contributed by atoms with Crippen LogP contribution in [-0.2, 0) is 6.42 Å². The predicted octanol–water partition coefficient (Wildman–Crippen LogP) is 2.38. The number of hydrogen-bond acceptors (Lipinski definition) is 3. The van der Waals surface area contributed by atoms with Crippen molar-refractivity contribution in [3.63, 3.8) is 0 Å². The largest absolute Gasteiger partial charge is 0.492 e. The van der Waals surface area contributed by atoms with E-state index in [-0.39, 0.29) is 0 Å². The van der Waals surface area contributed by atoms with Crippen molar-refractivity contribution in [3.8, 4) is 5.75 Å². The second-order valence-electron chi connectivity index (χ2n) is 3.35. The van der Waals surface area contributed by atoms with Crippen molar-refractivity contribution in [2.24, 2.45) is 0 Å². The molecular weight excluding hydrogens is 270 g/mol. The van der Waals surface area contributed by atoms with Gasteiger partial charge in [0.1, 0.15) is 11.6 Å². The fourth-order valence-corrected chi connectivity index (χ4v) is 1.74. The van der Waals surface area contributed by atoms with Crippen LogP contribution in [0.25, 0.3) is 0 Å². The van der Waals surface area contributed by atoms with Crippen LogP contribution in [0.4, 0.5) is 5.82 Å². The maximum absolute atomic E-state index is 5.61. The van der Waals surface area contributed by atoms with Gasteiger partial charge in [-0.15, -0.1) is 0 Å². The zero-order valence-corrected chi connectivity index (χ0v) is 10.2. The Morgan fingerprint density at radius 3 is 2.88 bits per heavy atom. The molecule has 0 aliphatic rings. The monoisotopic (exact) mass is 281 g/mol. The first-order valence-corrected chi connectivity index (χ1v) is 5.72. The molecule has 0 atom stereocenters. The molecule has 5 heteroatoms. The van der Waals surface area contributed by atoms with Crippen LogP contribution in [0.5, 0.6) is 5.75 Å². The van der Waals surface area contributed by atoms with Crippen molar-refractivity contribution in [2.45, 2.75) is 6.42 Å². The molecule has 0 spiro atoms. The molecule has 84 valence electrons. The van der Waals surface area contributed by atoms with Crippen molar-refractivity contribution >= 4 is 21.7 Å². The molecule has 2 aromatic rings. The van der Waals surface area contributed by atoms with E-state index in [1.54, 1.807) is 0 Å². The minimum Gasteiger partial charge on any atom is -0.492 e. The van der Waals surface area contributed by atoms with E-state index in [0.29, 0.717) is 12.4 Å². The smallest absolute Gasteiger partial charge is 0.145 e. The number of aromatic amines is 1. The number of benzene rings is 1. The van der Waals surface area contributed by atoms with Crippen LogP contribution < -0.4 is 10.5 Å². The molecule has 0 amide bonds. The zero-order chi connectivity index (χ0) is 11.4. The van der Waals surface area contributed by atoms with Gasteiger partial charge in [-0.1, -0.05) is 12.1 Å². The van der Waals surface area contributed by atoms with E-state index >= 15 is 0 Å². The van der Waals surface area contributed by atoms with E-state index in [2.05, 4.69) is 26.1 Å². The highest BCUT2D eigenvalue weighted by molar-refractivity contribution is 9.10. The van der Waals surface area contributed by atoms with E-state index in [4.69, 9.17) is 10.5 Å². The SMILES string of the molecule is Nc1cc(CCOc2ccccc2Br)[nH]n1. The average molecular weight is 282 g/mol. The van der Waals surface area contributed by atoms with Gasteiger partial charge in [-0.2, -0.15) is 5.10 Å². The lowest BCUT2D eigenvalue weighted by molar-refractivity contribution is 0.318. The molecule has 3 N–H and O–H groups in total. The van der Waals surface area contributed by atoms with Gasteiger partial charge in [0.2, 0.25) is 0 Å². The molecule has 1 aromatic carbocycles. The molecule has 1 aromatic heterocycles. The quantitative estimate of drug-likeness (QED) is 0.904. The van der Waals surface area contributed by atoms with E-state index in [1.165, 1.54) is 0 Å². The number of hydrogen-bond donors (Lipinski definition) is 2. The molecule has 0 aliphatic heterocycles. The minimum absolute atomic E-state index is 0.510. The molecular formula is C11H12BrN3O. The third-order valence-corrected chi connectivity index (χ3v) is 2.77. The summed E-state index contributed by atoms with van der Waals surface area (Å²) < 4.78 is 6.57. The summed E-state index contributed by atoms with van der Waals surface area (Å²) in [6.45, 7) is 0.588. The molecule has 1 heterocycles. The molecule has 0 fully saturated rings. The van der Waals surface area contributed by atoms with Crippen LogP contribution >= 0.6 is 15.9 Å². The third kappa shape index (κ3) is 2.76.